The van der Waals surface area contributed by atoms with Crippen molar-refractivity contribution >= 4 is 6.09 Å². The van der Waals surface area contributed by atoms with E-state index in [0.717, 1.165) is 0 Å². The predicted molar refractivity (Wildman–Crippen MR) is 111 cm³/mol. The Morgan fingerprint density at radius 1 is 0.909 bits per heavy atom. The van der Waals surface area contributed by atoms with E-state index in [1.54, 1.807) is 12.1 Å². The van der Waals surface area contributed by atoms with Crippen LogP contribution in [-0.4, -0.2) is 26.2 Å². The van der Waals surface area contributed by atoms with Crippen LogP contribution in [0.1, 0.15) is 28.6 Å². The number of carbonyl (C=O) groups is 1. The van der Waals surface area contributed by atoms with Crippen LogP contribution >= 0.6 is 0 Å². The van der Waals surface area contributed by atoms with Gasteiger partial charge < -0.3 is 4.74 Å². The van der Waals surface area contributed by atoms with E-state index in [1.807, 2.05) is 0 Å². The molecule has 1 fully saturated rings. The standard InChI is InChI=1S/C24H17F3N4O2/c25-17-9-5-15(6-10-17)24(16-7-11-18(26)12-8-16)22(19-3-1-2-4-20(19)27)31(23(32)33-24)13-21-28-14-29-30-21/h1-12,14,22H,13H2,(H,28,29,30)/t22-/m0/s1. The Bertz CT molecular complexity index is 1230. The number of nitrogens with zero attached hydrogens (tertiary/aromatic N) is 3. The molecule has 2 heterocycles. The third kappa shape index (κ3) is 3.51. The Balaban J connectivity index is 1.78. The molecule has 9 heteroatoms. The number of aromatic nitrogens is 3. The van der Waals surface area contributed by atoms with Crippen molar-refractivity contribution in [1.29, 1.82) is 0 Å². The quantitative estimate of drug-likeness (QED) is 0.472. The van der Waals surface area contributed by atoms with E-state index < -0.39 is 35.2 Å². The molecule has 1 aliphatic rings. The van der Waals surface area contributed by atoms with Gasteiger partial charge in [0.05, 0.1) is 6.54 Å². The summed E-state index contributed by atoms with van der Waals surface area (Å²) >= 11 is 0. The second kappa shape index (κ2) is 8.09. The van der Waals surface area contributed by atoms with Gasteiger partial charge >= 0.3 is 6.09 Å². The maximum atomic E-state index is 15.2. The fraction of sp³-hybridized carbons (Fsp3) is 0.125. The molecule has 1 saturated heterocycles. The number of hydrogen-bond acceptors (Lipinski definition) is 4. The van der Waals surface area contributed by atoms with Crippen LogP contribution in [0.25, 0.3) is 0 Å². The number of aromatic amines is 1. The Morgan fingerprint density at radius 2 is 1.52 bits per heavy atom. The van der Waals surface area contributed by atoms with Crippen LogP contribution in [0.3, 0.4) is 0 Å². The lowest BCUT2D eigenvalue weighted by atomic mass is 9.77. The smallest absolute Gasteiger partial charge is 0.412 e. The first-order valence-electron chi connectivity index (χ1n) is 10.1. The van der Waals surface area contributed by atoms with Crippen molar-refractivity contribution in [3.63, 3.8) is 0 Å². The first-order valence-corrected chi connectivity index (χ1v) is 10.1. The lowest BCUT2D eigenvalue weighted by Gasteiger charge is -2.36. The molecule has 1 aromatic heterocycles. The van der Waals surface area contributed by atoms with Gasteiger partial charge in [-0.2, -0.15) is 5.10 Å². The lowest BCUT2D eigenvalue weighted by molar-refractivity contribution is 0.0662. The van der Waals surface area contributed by atoms with Gasteiger partial charge in [0.25, 0.3) is 0 Å². The first-order chi connectivity index (χ1) is 16.0. The third-order valence-corrected chi connectivity index (χ3v) is 5.71. The molecule has 0 radical (unpaired) electrons. The van der Waals surface area contributed by atoms with Gasteiger partial charge in [-0.05, 0) is 30.3 Å². The minimum Gasteiger partial charge on any atom is -0.430 e. The van der Waals surface area contributed by atoms with Crippen LogP contribution < -0.4 is 0 Å². The SMILES string of the molecule is O=C1OC(c2ccc(F)cc2)(c2ccc(F)cc2)[C@H](c2ccccc2F)N1Cc1ncn[nH]1. The van der Waals surface area contributed by atoms with Gasteiger partial charge in [0.2, 0.25) is 0 Å². The normalized spacial score (nSPS) is 17.2. The number of cyclic esters (lactones) is 1. The van der Waals surface area contributed by atoms with Crippen LogP contribution in [0.5, 0.6) is 0 Å². The van der Waals surface area contributed by atoms with Crippen molar-refractivity contribution in [2.75, 3.05) is 0 Å². The van der Waals surface area contributed by atoms with E-state index in [9.17, 15) is 13.6 Å². The summed E-state index contributed by atoms with van der Waals surface area (Å²) in [6, 6.07) is 15.8. The molecule has 6 nitrogen and oxygen atoms in total. The number of H-pyrrole nitrogens is 1. The summed E-state index contributed by atoms with van der Waals surface area (Å²) in [6.07, 6.45) is 0.551. The summed E-state index contributed by atoms with van der Waals surface area (Å²) < 4.78 is 48.8. The number of rotatable bonds is 5. The van der Waals surface area contributed by atoms with Gasteiger partial charge in [0.15, 0.2) is 5.60 Å². The summed E-state index contributed by atoms with van der Waals surface area (Å²) in [6.45, 7) is -0.0536. The van der Waals surface area contributed by atoms with Crippen molar-refractivity contribution in [1.82, 2.24) is 20.1 Å². The Morgan fingerprint density at radius 3 is 2.06 bits per heavy atom. The minimum absolute atomic E-state index is 0.0536. The molecule has 3 aromatic carbocycles. The highest BCUT2D eigenvalue weighted by molar-refractivity contribution is 5.74. The Labute approximate surface area is 186 Å². The molecule has 4 aromatic rings. The molecule has 0 saturated carbocycles. The Hall–Kier alpha value is -4.14. The molecule has 0 aliphatic carbocycles. The second-order valence-corrected chi connectivity index (χ2v) is 7.60. The predicted octanol–water partition coefficient (Wildman–Crippen LogP) is 4.86. The van der Waals surface area contributed by atoms with E-state index in [4.69, 9.17) is 4.74 Å². The van der Waals surface area contributed by atoms with Crippen molar-refractivity contribution in [2.24, 2.45) is 0 Å². The monoisotopic (exact) mass is 450 g/mol. The Kier molecular flexibility index (Phi) is 5.08. The van der Waals surface area contributed by atoms with Crippen molar-refractivity contribution in [2.45, 2.75) is 18.2 Å². The largest absolute Gasteiger partial charge is 0.430 e. The summed E-state index contributed by atoms with van der Waals surface area (Å²) in [5, 5.41) is 6.49. The number of halogens is 3. The van der Waals surface area contributed by atoms with Crippen molar-refractivity contribution < 1.29 is 22.7 Å². The van der Waals surface area contributed by atoms with E-state index in [2.05, 4.69) is 15.2 Å². The van der Waals surface area contributed by atoms with Crippen LogP contribution in [0.15, 0.2) is 79.1 Å². The lowest BCUT2D eigenvalue weighted by Crippen LogP contribution is -2.38. The highest BCUT2D eigenvalue weighted by Crippen LogP contribution is 2.53. The van der Waals surface area contributed by atoms with Crippen LogP contribution in [-0.2, 0) is 16.9 Å². The molecule has 0 bridgehead atoms. The topological polar surface area (TPSA) is 71.1 Å². The van der Waals surface area contributed by atoms with Gasteiger partial charge in [0.1, 0.15) is 35.6 Å². The zero-order valence-corrected chi connectivity index (χ0v) is 17.1. The molecule has 1 aliphatic heterocycles. The summed E-state index contributed by atoms with van der Waals surface area (Å²) in [5.74, 6) is -1.17. The molecular weight excluding hydrogens is 433 g/mol. The number of carbonyl (C=O) groups excluding carboxylic acids is 1. The molecule has 33 heavy (non-hydrogen) atoms. The second-order valence-electron chi connectivity index (χ2n) is 7.60. The molecule has 0 unspecified atom stereocenters. The molecule has 5 rings (SSSR count). The van der Waals surface area contributed by atoms with E-state index in [1.165, 1.54) is 71.9 Å². The van der Waals surface area contributed by atoms with Gasteiger partial charge in [0, 0.05) is 16.7 Å². The van der Waals surface area contributed by atoms with Gasteiger partial charge in [-0.3, -0.25) is 10.00 Å². The molecule has 1 amide bonds. The zero-order valence-electron chi connectivity index (χ0n) is 17.1. The van der Waals surface area contributed by atoms with Crippen molar-refractivity contribution in [3.8, 4) is 0 Å². The van der Waals surface area contributed by atoms with Gasteiger partial charge in [-0.1, -0.05) is 42.5 Å². The minimum atomic E-state index is -1.60. The summed E-state index contributed by atoms with van der Waals surface area (Å²) in [5.41, 5.74) is -0.619. The average Bonchev–Trinajstić information content (AvgIpc) is 3.42. The number of ether oxygens (including phenoxy) is 1. The van der Waals surface area contributed by atoms with Gasteiger partial charge in [-0.15, -0.1) is 0 Å². The van der Waals surface area contributed by atoms with E-state index in [-0.39, 0.29) is 12.1 Å². The highest BCUT2D eigenvalue weighted by Gasteiger charge is 2.57. The fourth-order valence-electron chi connectivity index (χ4n) is 4.28. The highest BCUT2D eigenvalue weighted by atomic mass is 19.1. The first kappa shape index (κ1) is 20.7. The van der Waals surface area contributed by atoms with E-state index >= 15 is 4.39 Å². The summed E-state index contributed by atoms with van der Waals surface area (Å²) in [4.78, 5) is 18.7. The molecular formula is C24H17F3N4O2. The van der Waals surface area contributed by atoms with Crippen LogP contribution in [0.4, 0.5) is 18.0 Å². The molecule has 1 atom stereocenters. The van der Waals surface area contributed by atoms with Crippen LogP contribution in [0, 0.1) is 17.5 Å². The fourth-order valence-corrected chi connectivity index (χ4v) is 4.28. The maximum Gasteiger partial charge on any atom is 0.412 e. The third-order valence-electron chi connectivity index (χ3n) is 5.71. The van der Waals surface area contributed by atoms with E-state index in [0.29, 0.717) is 17.0 Å². The number of hydrogen-bond donors (Lipinski definition) is 1. The number of amides is 1. The summed E-state index contributed by atoms with van der Waals surface area (Å²) in [7, 11) is 0. The number of nitrogens with one attached hydrogen (secondary N) is 1. The molecule has 0 spiro atoms. The van der Waals surface area contributed by atoms with Crippen LogP contribution in [0.2, 0.25) is 0 Å². The van der Waals surface area contributed by atoms with Crippen molar-refractivity contribution in [3.05, 3.63) is 119 Å². The van der Waals surface area contributed by atoms with Gasteiger partial charge in [-0.25, -0.2) is 22.9 Å². The molecule has 1 N–H and O–H groups in total. The zero-order chi connectivity index (χ0) is 23.0. The maximum absolute atomic E-state index is 15.2. The molecule has 166 valence electrons. The number of benzene rings is 3. The average molecular weight is 450 g/mol.